The second kappa shape index (κ2) is 6.82. The van der Waals surface area contributed by atoms with Crippen molar-refractivity contribution in [1.29, 1.82) is 0 Å². The predicted octanol–water partition coefficient (Wildman–Crippen LogP) is 4.26. The Morgan fingerprint density at radius 3 is 2.25 bits per heavy atom. The van der Waals surface area contributed by atoms with E-state index in [0.29, 0.717) is 18.0 Å². The molecule has 0 fully saturated rings. The van der Waals surface area contributed by atoms with E-state index in [1.54, 1.807) is 30.3 Å². The van der Waals surface area contributed by atoms with Gasteiger partial charge in [-0.1, -0.05) is 54.1 Å². The van der Waals surface area contributed by atoms with Crippen molar-refractivity contribution in [1.82, 2.24) is 5.32 Å². The average Bonchev–Trinajstić information content (AvgIpc) is 2.46. The maximum absolute atomic E-state index is 13.9. The zero-order valence-electron chi connectivity index (χ0n) is 11.0. The van der Waals surface area contributed by atoms with Crippen molar-refractivity contribution >= 4 is 11.6 Å². The Balaban J connectivity index is 1.79. The summed E-state index contributed by atoms with van der Waals surface area (Å²) in [6, 6.07) is 15.3. The first-order valence-corrected chi connectivity index (χ1v) is 6.84. The lowest BCUT2D eigenvalue weighted by molar-refractivity contribution is -0.00285. The van der Waals surface area contributed by atoms with E-state index < -0.39 is 5.92 Å². The zero-order valence-corrected chi connectivity index (χ0v) is 11.7. The second-order valence-corrected chi connectivity index (χ2v) is 5.06. The molecule has 0 heterocycles. The van der Waals surface area contributed by atoms with E-state index in [1.807, 2.05) is 12.1 Å². The molecule has 0 saturated heterocycles. The largest absolute Gasteiger partial charge is 0.311 e. The number of hydrogen-bond acceptors (Lipinski definition) is 1. The van der Waals surface area contributed by atoms with Crippen LogP contribution in [-0.4, -0.2) is 13.1 Å². The summed E-state index contributed by atoms with van der Waals surface area (Å²) in [6.07, 6.45) is 0.696. The molecule has 4 heteroatoms. The summed E-state index contributed by atoms with van der Waals surface area (Å²) in [5, 5.41) is 3.48. The first-order valence-electron chi connectivity index (χ1n) is 6.46. The van der Waals surface area contributed by atoms with Gasteiger partial charge >= 0.3 is 0 Å². The molecule has 0 aromatic heterocycles. The van der Waals surface area contributed by atoms with E-state index in [0.717, 1.165) is 5.56 Å². The van der Waals surface area contributed by atoms with Crippen molar-refractivity contribution in [2.75, 3.05) is 13.1 Å². The highest BCUT2D eigenvalue weighted by molar-refractivity contribution is 6.30. The van der Waals surface area contributed by atoms with Crippen LogP contribution in [-0.2, 0) is 12.3 Å². The highest BCUT2D eigenvalue weighted by Crippen LogP contribution is 2.26. The normalized spacial score (nSPS) is 11.6. The third-order valence-electron chi connectivity index (χ3n) is 3.05. The van der Waals surface area contributed by atoms with E-state index in [2.05, 4.69) is 5.32 Å². The van der Waals surface area contributed by atoms with E-state index in [4.69, 9.17) is 11.6 Å². The van der Waals surface area contributed by atoms with Crippen LogP contribution in [0.15, 0.2) is 54.6 Å². The second-order valence-electron chi connectivity index (χ2n) is 4.62. The molecular weight excluding hydrogens is 280 g/mol. The van der Waals surface area contributed by atoms with Crippen molar-refractivity contribution < 1.29 is 8.78 Å². The van der Waals surface area contributed by atoms with Crippen LogP contribution >= 0.6 is 11.6 Å². The Morgan fingerprint density at radius 2 is 1.60 bits per heavy atom. The minimum atomic E-state index is -2.85. The van der Waals surface area contributed by atoms with E-state index >= 15 is 0 Å². The fourth-order valence-corrected chi connectivity index (χ4v) is 2.04. The first-order chi connectivity index (χ1) is 9.58. The fourth-order valence-electron chi connectivity index (χ4n) is 1.91. The van der Waals surface area contributed by atoms with Crippen molar-refractivity contribution in [3.05, 3.63) is 70.7 Å². The smallest absolute Gasteiger partial charge is 0.285 e. The van der Waals surface area contributed by atoms with Crippen LogP contribution in [0.1, 0.15) is 11.1 Å². The molecule has 2 aromatic carbocycles. The highest BCUT2D eigenvalue weighted by atomic mass is 35.5. The van der Waals surface area contributed by atoms with Gasteiger partial charge in [-0.3, -0.25) is 0 Å². The average molecular weight is 296 g/mol. The van der Waals surface area contributed by atoms with Crippen LogP contribution in [0, 0.1) is 0 Å². The van der Waals surface area contributed by atoms with Gasteiger partial charge in [0, 0.05) is 10.6 Å². The Kier molecular flexibility index (Phi) is 5.10. The van der Waals surface area contributed by atoms with Gasteiger partial charge in [0.2, 0.25) is 0 Å². The van der Waals surface area contributed by atoms with Crippen LogP contribution in [0.3, 0.4) is 0 Å². The molecule has 0 aliphatic carbocycles. The number of nitrogens with one attached hydrogen (secondary N) is 1. The molecule has 0 radical (unpaired) electrons. The number of benzene rings is 2. The maximum atomic E-state index is 13.9. The van der Waals surface area contributed by atoms with Gasteiger partial charge in [0.05, 0.1) is 6.54 Å². The minimum Gasteiger partial charge on any atom is -0.311 e. The Hall–Kier alpha value is -1.45. The lowest BCUT2D eigenvalue weighted by atomic mass is 10.1. The lowest BCUT2D eigenvalue weighted by Crippen LogP contribution is -2.31. The Morgan fingerprint density at radius 1 is 0.950 bits per heavy atom. The van der Waals surface area contributed by atoms with Crippen LogP contribution in [0.25, 0.3) is 0 Å². The van der Waals surface area contributed by atoms with Crippen LogP contribution in [0.4, 0.5) is 8.78 Å². The molecule has 0 saturated carbocycles. The summed E-state index contributed by atoms with van der Waals surface area (Å²) in [4.78, 5) is 0. The van der Waals surface area contributed by atoms with Gasteiger partial charge in [-0.15, -0.1) is 0 Å². The third kappa shape index (κ3) is 4.29. The third-order valence-corrected chi connectivity index (χ3v) is 3.30. The van der Waals surface area contributed by atoms with Crippen molar-refractivity contribution in [3.8, 4) is 0 Å². The van der Waals surface area contributed by atoms with E-state index in [1.165, 1.54) is 12.1 Å². The van der Waals surface area contributed by atoms with Gasteiger partial charge in [0.25, 0.3) is 5.92 Å². The molecule has 1 N–H and O–H groups in total. The van der Waals surface area contributed by atoms with Crippen LogP contribution in [0.2, 0.25) is 5.02 Å². The molecule has 106 valence electrons. The molecule has 2 rings (SSSR count). The SMILES string of the molecule is FC(F)(CNCCc1ccc(Cl)cc1)c1ccccc1. The molecule has 2 aromatic rings. The zero-order chi connectivity index (χ0) is 14.4. The fraction of sp³-hybridized carbons (Fsp3) is 0.250. The van der Waals surface area contributed by atoms with Gasteiger partial charge in [-0.05, 0) is 30.7 Å². The first kappa shape index (κ1) is 14.9. The maximum Gasteiger partial charge on any atom is 0.285 e. The van der Waals surface area contributed by atoms with Gasteiger partial charge < -0.3 is 5.32 Å². The van der Waals surface area contributed by atoms with Crippen molar-refractivity contribution in [2.45, 2.75) is 12.3 Å². The summed E-state index contributed by atoms with van der Waals surface area (Å²) in [7, 11) is 0. The number of halogens is 3. The molecule has 1 nitrogen and oxygen atoms in total. The molecule has 0 spiro atoms. The van der Waals surface area contributed by atoms with Gasteiger partial charge in [-0.25, -0.2) is 0 Å². The van der Waals surface area contributed by atoms with Crippen molar-refractivity contribution in [3.63, 3.8) is 0 Å². The summed E-state index contributed by atoms with van der Waals surface area (Å²) >= 11 is 5.79. The standard InChI is InChI=1S/C16H16ClF2N/c17-15-8-6-13(7-9-15)10-11-20-12-16(18,19)14-4-2-1-3-5-14/h1-9,20H,10-12H2. The predicted molar refractivity (Wildman–Crippen MR) is 78.4 cm³/mol. The van der Waals surface area contributed by atoms with Gasteiger partial charge in [0.1, 0.15) is 0 Å². The molecule has 0 atom stereocenters. The molecule has 20 heavy (non-hydrogen) atoms. The van der Waals surface area contributed by atoms with Crippen LogP contribution < -0.4 is 5.32 Å². The topological polar surface area (TPSA) is 12.0 Å². The summed E-state index contributed by atoms with van der Waals surface area (Å²) < 4.78 is 27.7. The molecule has 0 amide bonds. The lowest BCUT2D eigenvalue weighted by Gasteiger charge is -2.17. The van der Waals surface area contributed by atoms with E-state index in [-0.39, 0.29) is 12.1 Å². The Bertz CT molecular complexity index is 526. The molecule has 0 unspecified atom stereocenters. The van der Waals surface area contributed by atoms with Crippen LogP contribution in [0.5, 0.6) is 0 Å². The Labute approximate surface area is 122 Å². The quantitative estimate of drug-likeness (QED) is 0.785. The van der Waals surface area contributed by atoms with Gasteiger partial charge in [0.15, 0.2) is 0 Å². The summed E-state index contributed by atoms with van der Waals surface area (Å²) in [5.41, 5.74) is 1.11. The number of rotatable bonds is 6. The minimum absolute atomic E-state index is 0.0407. The summed E-state index contributed by atoms with van der Waals surface area (Å²) in [5.74, 6) is -2.85. The van der Waals surface area contributed by atoms with E-state index in [9.17, 15) is 8.78 Å². The molecule has 0 aliphatic rings. The molecule has 0 aliphatic heterocycles. The monoisotopic (exact) mass is 295 g/mol. The summed E-state index contributed by atoms with van der Waals surface area (Å²) in [6.45, 7) is 0.147. The number of hydrogen-bond donors (Lipinski definition) is 1. The van der Waals surface area contributed by atoms with Crippen molar-refractivity contribution in [2.24, 2.45) is 0 Å². The van der Waals surface area contributed by atoms with Gasteiger partial charge in [-0.2, -0.15) is 8.78 Å². The molecule has 0 bridgehead atoms. The molecular formula is C16H16ClF2N. The highest BCUT2D eigenvalue weighted by Gasteiger charge is 2.30. The number of alkyl halides is 2.